The highest BCUT2D eigenvalue weighted by molar-refractivity contribution is 7.91. The molecule has 1 aliphatic heterocycles. The number of nitrogen functional groups attached to an aromatic ring is 1. The molecule has 0 bridgehead atoms. The van der Waals surface area contributed by atoms with Crippen LogP contribution in [-0.2, 0) is 16.3 Å². The van der Waals surface area contributed by atoms with Crippen LogP contribution in [0.4, 0.5) is 11.4 Å². The Morgan fingerprint density at radius 3 is 2.89 bits per heavy atom. The first kappa shape index (κ1) is 13.7. The Morgan fingerprint density at radius 1 is 1.53 bits per heavy atom. The maximum absolute atomic E-state index is 11.6. The Hall–Kier alpha value is -1.74. The standard InChI is InChI=1S/C13H17N3O2S/c1-10-9-19(17,18)7-6-16(10)12-2-3-13(15)11(8-12)4-5-14/h2-3,8,10H,4,6-7,9,15H2,1H3. The molecule has 1 unspecified atom stereocenters. The van der Waals surface area contributed by atoms with Crippen molar-refractivity contribution in [1.82, 2.24) is 0 Å². The summed E-state index contributed by atoms with van der Waals surface area (Å²) in [5, 5.41) is 8.77. The second-order valence-corrected chi connectivity index (χ2v) is 7.10. The van der Waals surface area contributed by atoms with Gasteiger partial charge in [0.15, 0.2) is 9.84 Å². The molecule has 2 rings (SSSR count). The Balaban J connectivity index is 2.28. The average Bonchev–Trinajstić information content (AvgIpc) is 2.32. The summed E-state index contributed by atoms with van der Waals surface area (Å²) in [5.41, 5.74) is 8.14. The molecule has 0 saturated carbocycles. The van der Waals surface area contributed by atoms with E-state index in [2.05, 4.69) is 11.0 Å². The number of rotatable bonds is 2. The van der Waals surface area contributed by atoms with Gasteiger partial charge in [-0.25, -0.2) is 8.42 Å². The summed E-state index contributed by atoms with van der Waals surface area (Å²) < 4.78 is 23.1. The Kier molecular flexibility index (Phi) is 3.67. The second-order valence-electron chi connectivity index (χ2n) is 4.87. The number of nitrogens with zero attached hydrogens (tertiary/aromatic N) is 2. The zero-order valence-corrected chi connectivity index (χ0v) is 11.7. The van der Waals surface area contributed by atoms with Crippen LogP contribution in [0.5, 0.6) is 0 Å². The number of nitrogens with two attached hydrogens (primary N) is 1. The van der Waals surface area contributed by atoms with Crippen LogP contribution >= 0.6 is 0 Å². The zero-order chi connectivity index (χ0) is 14.0. The number of hydrogen-bond donors (Lipinski definition) is 1. The van der Waals surface area contributed by atoms with E-state index in [1.165, 1.54) is 0 Å². The van der Waals surface area contributed by atoms with Crippen molar-refractivity contribution in [3.63, 3.8) is 0 Å². The van der Waals surface area contributed by atoms with Crippen molar-refractivity contribution in [2.45, 2.75) is 19.4 Å². The summed E-state index contributed by atoms with van der Waals surface area (Å²) in [6.07, 6.45) is 0.264. The average molecular weight is 279 g/mol. The quantitative estimate of drug-likeness (QED) is 0.815. The molecule has 5 nitrogen and oxygen atoms in total. The Bertz CT molecular complexity index is 619. The fraction of sp³-hybridized carbons (Fsp3) is 0.462. The predicted molar refractivity (Wildman–Crippen MR) is 75.6 cm³/mol. The lowest BCUT2D eigenvalue weighted by atomic mass is 10.1. The molecule has 1 aromatic rings. The van der Waals surface area contributed by atoms with Crippen LogP contribution in [0, 0.1) is 11.3 Å². The Morgan fingerprint density at radius 2 is 2.26 bits per heavy atom. The number of anilines is 2. The van der Waals surface area contributed by atoms with Crippen molar-refractivity contribution in [1.29, 1.82) is 5.26 Å². The number of benzene rings is 1. The summed E-state index contributed by atoms with van der Waals surface area (Å²) in [4.78, 5) is 2.06. The van der Waals surface area contributed by atoms with Crippen LogP contribution in [0.15, 0.2) is 18.2 Å². The van der Waals surface area contributed by atoms with Crippen LogP contribution in [0.1, 0.15) is 12.5 Å². The number of sulfone groups is 1. The largest absolute Gasteiger partial charge is 0.398 e. The summed E-state index contributed by atoms with van der Waals surface area (Å²) >= 11 is 0. The molecule has 102 valence electrons. The lowest BCUT2D eigenvalue weighted by Gasteiger charge is -2.35. The van der Waals surface area contributed by atoms with Gasteiger partial charge in [0.25, 0.3) is 0 Å². The third-order valence-corrected chi connectivity index (χ3v) is 5.19. The van der Waals surface area contributed by atoms with Gasteiger partial charge in [-0.3, -0.25) is 0 Å². The second kappa shape index (κ2) is 5.10. The molecule has 1 saturated heterocycles. The lowest BCUT2D eigenvalue weighted by Crippen LogP contribution is -2.47. The number of hydrogen-bond acceptors (Lipinski definition) is 5. The van der Waals surface area contributed by atoms with E-state index in [0.717, 1.165) is 11.3 Å². The van der Waals surface area contributed by atoms with Crippen molar-refractivity contribution in [2.24, 2.45) is 0 Å². The van der Waals surface area contributed by atoms with Gasteiger partial charge < -0.3 is 10.6 Å². The van der Waals surface area contributed by atoms with Gasteiger partial charge in [0.05, 0.1) is 24.0 Å². The van der Waals surface area contributed by atoms with E-state index in [1.807, 2.05) is 19.1 Å². The van der Waals surface area contributed by atoms with Crippen molar-refractivity contribution >= 4 is 21.2 Å². The lowest BCUT2D eigenvalue weighted by molar-refractivity contribution is 0.568. The summed E-state index contributed by atoms with van der Waals surface area (Å²) in [5.74, 6) is 0.347. The van der Waals surface area contributed by atoms with E-state index < -0.39 is 9.84 Å². The molecule has 1 atom stereocenters. The van der Waals surface area contributed by atoms with Gasteiger partial charge in [0.1, 0.15) is 0 Å². The monoisotopic (exact) mass is 279 g/mol. The van der Waals surface area contributed by atoms with Crippen LogP contribution in [0.3, 0.4) is 0 Å². The molecule has 0 aliphatic carbocycles. The van der Waals surface area contributed by atoms with Crippen molar-refractivity contribution in [3.05, 3.63) is 23.8 Å². The van der Waals surface area contributed by atoms with Crippen molar-refractivity contribution in [3.8, 4) is 6.07 Å². The van der Waals surface area contributed by atoms with E-state index in [1.54, 1.807) is 6.07 Å². The SMILES string of the molecule is CC1CS(=O)(=O)CCN1c1ccc(N)c(CC#N)c1. The number of nitriles is 1. The molecule has 1 aliphatic rings. The highest BCUT2D eigenvalue weighted by Gasteiger charge is 2.28. The minimum absolute atomic E-state index is 0.0580. The van der Waals surface area contributed by atoms with E-state index >= 15 is 0 Å². The van der Waals surface area contributed by atoms with Gasteiger partial charge in [0.2, 0.25) is 0 Å². The fourth-order valence-electron chi connectivity index (χ4n) is 2.39. The third kappa shape index (κ3) is 2.99. The van der Waals surface area contributed by atoms with E-state index in [4.69, 9.17) is 11.0 Å². The summed E-state index contributed by atoms with van der Waals surface area (Å²) in [6, 6.07) is 7.56. The van der Waals surface area contributed by atoms with Crippen molar-refractivity contribution in [2.75, 3.05) is 28.7 Å². The molecule has 0 amide bonds. The smallest absolute Gasteiger partial charge is 0.154 e. The first-order chi connectivity index (χ1) is 8.93. The summed E-state index contributed by atoms with van der Waals surface area (Å²) in [7, 11) is -2.92. The molecule has 1 heterocycles. The van der Waals surface area contributed by atoms with Gasteiger partial charge in [-0.1, -0.05) is 0 Å². The molecule has 2 N–H and O–H groups in total. The topological polar surface area (TPSA) is 87.2 Å². The first-order valence-corrected chi connectivity index (χ1v) is 7.97. The maximum atomic E-state index is 11.6. The molecule has 0 aromatic heterocycles. The Labute approximate surface area is 113 Å². The van der Waals surface area contributed by atoms with Gasteiger partial charge in [-0.15, -0.1) is 0 Å². The zero-order valence-electron chi connectivity index (χ0n) is 10.8. The van der Waals surface area contributed by atoms with Crippen molar-refractivity contribution < 1.29 is 8.42 Å². The molecule has 19 heavy (non-hydrogen) atoms. The van der Waals surface area contributed by atoms with Crippen LogP contribution in [-0.4, -0.2) is 32.5 Å². The van der Waals surface area contributed by atoms with Crippen LogP contribution < -0.4 is 10.6 Å². The molecular formula is C13H17N3O2S. The summed E-state index contributed by atoms with van der Waals surface area (Å²) in [6.45, 7) is 2.39. The molecule has 1 aromatic carbocycles. The van der Waals surface area contributed by atoms with E-state index in [0.29, 0.717) is 12.2 Å². The molecule has 0 radical (unpaired) electrons. The van der Waals surface area contributed by atoms with Crippen LogP contribution in [0.25, 0.3) is 0 Å². The third-order valence-electron chi connectivity index (χ3n) is 3.40. The minimum Gasteiger partial charge on any atom is -0.398 e. The highest BCUT2D eigenvalue weighted by atomic mass is 32.2. The minimum atomic E-state index is -2.92. The van der Waals surface area contributed by atoms with E-state index in [9.17, 15) is 8.42 Å². The molecular weight excluding hydrogens is 262 g/mol. The van der Waals surface area contributed by atoms with Gasteiger partial charge in [-0.05, 0) is 30.7 Å². The van der Waals surface area contributed by atoms with Crippen LogP contribution in [0.2, 0.25) is 0 Å². The van der Waals surface area contributed by atoms with Gasteiger partial charge in [-0.2, -0.15) is 5.26 Å². The fourth-order valence-corrected chi connectivity index (χ4v) is 3.95. The predicted octanol–water partition coefficient (Wildman–Crippen LogP) is 0.958. The first-order valence-electron chi connectivity index (χ1n) is 6.15. The van der Waals surface area contributed by atoms with Gasteiger partial charge >= 0.3 is 0 Å². The maximum Gasteiger partial charge on any atom is 0.154 e. The molecule has 6 heteroatoms. The molecule has 1 fully saturated rings. The van der Waals surface area contributed by atoms with E-state index in [-0.39, 0.29) is 24.0 Å². The molecule has 0 spiro atoms. The highest BCUT2D eigenvalue weighted by Crippen LogP contribution is 2.25. The van der Waals surface area contributed by atoms with Gasteiger partial charge in [0, 0.05) is 24.0 Å². The normalized spacial score (nSPS) is 21.9.